The summed E-state index contributed by atoms with van der Waals surface area (Å²) in [4.78, 5) is 6.57. The minimum atomic E-state index is 0.274. The van der Waals surface area contributed by atoms with Crippen LogP contribution in [0.15, 0.2) is 28.8 Å². The van der Waals surface area contributed by atoms with Crippen LogP contribution < -0.4 is 4.74 Å². The van der Waals surface area contributed by atoms with Gasteiger partial charge in [-0.25, -0.2) is 4.98 Å². The zero-order chi connectivity index (χ0) is 16.9. The van der Waals surface area contributed by atoms with E-state index in [0.29, 0.717) is 24.3 Å². The highest BCUT2D eigenvalue weighted by Crippen LogP contribution is 2.25. The Bertz CT molecular complexity index is 649. The van der Waals surface area contributed by atoms with Gasteiger partial charge >= 0.3 is 0 Å². The second-order valence-corrected chi connectivity index (χ2v) is 6.79. The van der Waals surface area contributed by atoms with Gasteiger partial charge < -0.3 is 13.9 Å². The number of ether oxygens (including phenoxy) is 2. The van der Waals surface area contributed by atoms with Gasteiger partial charge in [0.15, 0.2) is 0 Å². The Morgan fingerprint density at radius 2 is 2.08 bits per heavy atom. The summed E-state index contributed by atoms with van der Waals surface area (Å²) in [7, 11) is 0. The average molecular weight is 344 g/mol. The lowest BCUT2D eigenvalue weighted by Crippen LogP contribution is -2.35. The van der Waals surface area contributed by atoms with Crippen LogP contribution in [0.4, 0.5) is 0 Å². The van der Waals surface area contributed by atoms with Crippen molar-refractivity contribution in [3.05, 3.63) is 36.2 Å². The fourth-order valence-electron chi connectivity index (χ4n) is 3.36. The maximum Gasteiger partial charge on any atom is 0.230 e. The molecule has 2 aromatic heterocycles. The monoisotopic (exact) mass is 344 g/mol. The molecular formula is C18H24N4O3. The second kappa shape index (κ2) is 7.93. The topological polar surface area (TPSA) is 73.5 Å². The van der Waals surface area contributed by atoms with E-state index < -0.39 is 0 Å². The summed E-state index contributed by atoms with van der Waals surface area (Å²) >= 11 is 0. The van der Waals surface area contributed by atoms with Crippen LogP contribution in [0.5, 0.6) is 5.88 Å². The molecule has 1 unspecified atom stereocenters. The molecule has 0 radical (unpaired) electrons. The predicted molar refractivity (Wildman–Crippen MR) is 90.2 cm³/mol. The number of rotatable bonds is 6. The fraction of sp³-hybridized carbons (Fsp3) is 0.611. The van der Waals surface area contributed by atoms with E-state index in [-0.39, 0.29) is 5.92 Å². The Morgan fingerprint density at radius 1 is 1.16 bits per heavy atom. The first-order chi connectivity index (χ1) is 12.4. The molecule has 4 rings (SSSR count). The third-order valence-electron chi connectivity index (χ3n) is 4.93. The molecular weight excluding hydrogens is 320 g/mol. The summed E-state index contributed by atoms with van der Waals surface area (Å²) in [6, 6.07) is 5.74. The first-order valence-electron chi connectivity index (χ1n) is 9.03. The number of hydrogen-bond acceptors (Lipinski definition) is 7. The Labute approximate surface area is 147 Å². The van der Waals surface area contributed by atoms with Crippen molar-refractivity contribution in [1.82, 2.24) is 20.1 Å². The smallest absolute Gasteiger partial charge is 0.230 e. The fourth-order valence-corrected chi connectivity index (χ4v) is 3.36. The number of piperidine rings is 1. The van der Waals surface area contributed by atoms with E-state index in [2.05, 4.69) is 20.1 Å². The van der Waals surface area contributed by atoms with Gasteiger partial charge in [0.1, 0.15) is 0 Å². The van der Waals surface area contributed by atoms with E-state index in [0.717, 1.165) is 58.0 Å². The lowest BCUT2D eigenvalue weighted by Gasteiger charge is -2.30. The number of aromatic nitrogens is 3. The van der Waals surface area contributed by atoms with Crippen molar-refractivity contribution in [2.45, 2.75) is 31.7 Å². The largest absolute Gasteiger partial charge is 0.477 e. The van der Waals surface area contributed by atoms with Gasteiger partial charge in [0.05, 0.1) is 25.7 Å². The van der Waals surface area contributed by atoms with Crippen LogP contribution >= 0.6 is 0 Å². The van der Waals surface area contributed by atoms with E-state index in [4.69, 9.17) is 13.9 Å². The Hall–Kier alpha value is -1.99. The van der Waals surface area contributed by atoms with Gasteiger partial charge in [-0.2, -0.15) is 0 Å². The molecule has 0 saturated carbocycles. The predicted octanol–water partition coefficient (Wildman–Crippen LogP) is 2.26. The summed E-state index contributed by atoms with van der Waals surface area (Å²) in [5.41, 5.74) is 0. The molecule has 0 amide bonds. The van der Waals surface area contributed by atoms with Crippen LogP contribution in [0.3, 0.4) is 0 Å². The molecule has 7 nitrogen and oxygen atoms in total. The highest BCUT2D eigenvalue weighted by Gasteiger charge is 2.25. The minimum Gasteiger partial charge on any atom is -0.477 e. The van der Waals surface area contributed by atoms with Gasteiger partial charge in [0.2, 0.25) is 17.7 Å². The molecule has 4 heterocycles. The molecule has 0 bridgehead atoms. The van der Waals surface area contributed by atoms with Crippen LogP contribution in [0.25, 0.3) is 0 Å². The van der Waals surface area contributed by atoms with Gasteiger partial charge in [-0.05, 0) is 44.3 Å². The summed E-state index contributed by atoms with van der Waals surface area (Å²) in [5, 5.41) is 8.39. The van der Waals surface area contributed by atoms with Crippen LogP contribution in [0.1, 0.15) is 37.0 Å². The minimum absolute atomic E-state index is 0.274. The van der Waals surface area contributed by atoms with Gasteiger partial charge in [-0.3, -0.25) is 4.90 Å². The maximum atomic E-state index is 5.83. The summed E-state index contributed by atoms with van der Waals surface area (Å²) < 4.78 is 17.0. The van der Waals surface area contributed by atoms with Gasteiger partial charge in [-0.15, -0.1) is 10.2 Å². The van der Waals surface area contributed by atoms with E-state index >= 15 is 0 Å². The summed E-state index contributed by atoms with van der Waals surface area (Å²) in [6.07, 6.45) is 4.96. The normalized spacial score (nSPS) is 22.3. The van der Waals surface area contributed by atoms with Crippen molar-refractivity contribution in [1.29, 1.82) is 0 Å². The lowest BCUT2D eigenvalue weighted by molar-refractivity contribution is 0.126. The average Bonchev–Trinajstić information content (AvgIpc) is 3.34. The quantitative estimate of drug-likeness (QED) is 0.796. The highest BCUT2D eigenvalue weighted by atomic mass is 16.5. The van der Waals surface area contributed by atoms with Crippen LogP contribution in [0.2, 0.25) is 0 Å². The zero-order valence-electron chi connectivity index (χ0n) is 14.3. The number of nitrogens with zero attached hydrogens (tertiary/aromatic N) is 4. The maximum absolute atomic E-state index is 5.83. The second-order valence-electron chi connectivity index (χ2n) is 6.79. The first-order valence-corrected chi connectivity index (χ1v) is 9.03. The van der Waals surface area contributed by atoms with Crippen LogP contribution in [-0.2, 0) is 11.3 Å². The molecule has 2 saturated heterocycles. The van der Waals surface area contributed by atoms with Crippen molar-refractivity contribution in [2.75, 3.05) is 32.9 Å². The lowest BCUT2D eigenvalue weighted by atomic mass is 9.98. The molecule has 25 heavy (non-hydrogen) atoms. The third kappa shape index (κ3) is 4.35. The van der Waals surface area contributed by atoms with Crippen molar-refractivity contribution >= 4 is 0 Å². The van der Waals surface area contributed by atoms with E-state index in [1.165, 1.54) is 0 Å². The van der Waals surface area contributed by atoms with E-state index in [1.807, 2.05) is 18.2 Å². The molecule has 2 aromatic rings. The molecule has 0 aliphatic carbocycles. The van der Waals surface area contributed by atoms with Gasteiger partial charge in [0, 0.05) is 18.9 Å². The van der Waals surface area contributed by atoms with E-state index in [9.17, 15) is 0 Å². The molecule has 1 atom stereocenters. The molecule has 0 aromatic carbocycles. The molecule has 2 aliphatic rings. The number of likely N-dealkylation sites (tertiary alicyclic amines) is 1. The molecule has 0 spiro atoms. The van der Waals surface area contributed by atoms with Crippen LogP contribution in [0, 0.1) is 5.92 Å². The third-order valence-corrected chi connectivity index (χ3v) is 4.93. The molecule has 7 heteroatoms. The Kier molecular flexibility index (Phi) is 5.22. The van der Waals surface area contributed by atoms with Crippen molar-refractivity contribution < 1.29 is 13.9 Å². The van der Waals surface area contributed by atoms with Gasteiger partial charge in [-0.1, -0.05) is 6.07 Å². The summed E-state index contributed by atoms with van der Waals surface area (Å²) in [5.74, 6) is 3.00. The highest BCUT2D eigenvalue weighted by molar-refractivity contribution is 5.09. The number of hydrogen-bond donors (Lipinski definition) is 0. The SMILES string of the molecule is c1ccc(OCC2CCN(Cc3nnc(C4CCOC4)o3)CC2)nc1. The molecule has 2 fully saturated rings. The molecule has 0 N–H and O–H groups in total. The van der Waals surface area contributed by atoms with Crippen molar-refractivity contribution in [2.24, 2.45) is 5.92 Å². The van der Waals surface area contributed by atoms with Crippen LogP contribution in [-0.4, -0.2) is 53.0 Å². The van der Waals surface area contributed by atoms with Gasteiger partial charge in [0.25, 0.3) is 0 Å². The Balaban J connectivity index is 1.21. The standard InChI is InChI=1S/C18H24N4O3/c1-2-7-19-16(3-1)24-12-14-4-8-22(9-5-14)11-17-20-21-18(25-17)15-6-10-23-13-15/h1-3,7,14-15H,4-6,8-13H2. The number of pyridine rings is 1. The van der Waals surface area contributed by atoms with E-state index in [1.54, 1.807) is 6.20 Å². The van der Waals surface area contributed by atoms with Crippen molar-refractivity contribution in [3.63, 3.8) is 0 Å². The molecule has 134 valence electrons. The Morgan fingerprint density at radius 3 is 2.84 bits per heavy atom. The molecule has 2 aliphatic heterocycles. The van der Waals surface area contributed by atoms with Crippen molar-refractivity contribution in [3.8, 4) is 5.88 Å². The summed E-state index contributed by atoms with van der Waals surface area (Å²) in [6.45, 7) is 5.01. The first kappa shape index (κ1) is 16.5. The zero-order valence-corrected chi connectivity index (χ0v) is 14.3.